The van der Waals surface area contributed by atoms with Crippen molar-refractivity contribution in [1.82, 2.24) is 9.88 Å². The van der Waals surface area contributed by atoms with Gasteiger partial charge in [-0.1, -0.05) is 19.9 Å². The second-order valence-electron chi connectivity index (χ2n) is 5.74. The minimum Gasteiger partial charge on any atom is -0.342 e. The highest BCUT2D eigenvalue weighted by Gasteiger charge is 2.35. The van der Waals surface area contributed by atoms with Crippen LogP contribution in [0.25, 0.3) is 0 Å². The summed E-state index contributed by atoms with van der Waals surface area (Å²) >= 11 is 0. The van der Waals surface area contributed by atoms with Crippen molar-refractivity contribution in [3.63, 3.8) is 0 Å². The maximum Gasteiger partial charge on any atom is 0.227 e. The van der Waals surface area contributed by atoms with E-state index >= 15 is 0 Å². The number of nitrogens with zero attached hydrogens (tertiary/aromatic N) is 2. The van der Waals surface area contributed by atoms with Crippen molar-refractivity contribution < 1.29 is 4.79 Å². The van der Waals surface area contributed by atoms with Gasteiger partial charge in [0.25, 0.3) is 0 Å². The van der Waals surface area contributed by atoms with Gasteiger partial charge in [-0.05, 0) is 23.5 Å². The summed E-state index contributed by atoms with van der Waals surface area (Å²) in [5.41, 5.74) is 7.05. The highest BCUT2D eigenvalue weighted by Crippen LogP contribution is 2.27. The average molecular weight is 247 g/mol. The van der Waals surface area contributed by atoms with Crippen LogP contribution < -0.4 is 5.73 Å². The van der Waals surface area contributed by atoms with Crippen LogP contribution in [0.3, 0.4) is 0 Å². The molecule has 1 aromatic heterocycles. The minimum absolute atomic E-state index is 0.00283. The number of hydrogen-bond donors (Lipinski definition) is 1. The zero-order chi connectivity index (χ0) is 13.2. The van der Waals surface area contributed by atoms with E-state index in [1.54, 1.807) is 12.4 Å². The van der Waals surface area contributed by atoms with Gasteiger partial charge in [0.2, 0.25) is 5.91 Å². The highest BCUT2D eigenvalue weighted by atomic mass is 16.2. The average Bonchev–Trinajstić information content (AvgIpc) is 2.34. The molecule has 1 unspecified atom stereocenters. The summed E-state index contributed by atoms with van der Waals surface area (Å²) in [6, 6.07) is 3.98. The van der Waals surface area contributed by atoms with E-state index in [0.717, 1.165) is 25.1 Å². The molecule has 0 aliphatic carbocycles. The number of rotatable bonds is 2. The first kappa shape index (κ1) is 13.0. The molecule has 0 aromatic carbocycles. The van der Waals surface area contributed by atoms with Crippen LogP contribution in [0.4, 0.5) is 0 Å². The molecule has 1 fully saturated rings. The molecule has 18 heavy (non-hydrogen) atoms. The van der Waals surface area contributed by atoms with Gasteiger partial charge in [0, 0.05) is 31.5 Å². The van der Waals surface area contributed by atoms with Gasteiger partial charge in [-0.2, -0.15) is 0 Å². The third kappa shape index (κ3) is 2.88. The van der Waals surface area contributed by atoms with Crippen LogP contribution >= 0.6 is 0 Å². The predicted molar refractivity (Wildman–Crippen MR) is 70.9 cm³/mol. The maximum atomic E-state index is 12.2. The van der Waals surface area contributed by atoms with E-state index in [0.29, 0.717) is 6.42 Å². The smallest absolute Gasteiger partial charge is 0.227 e. The minimum atomic E-state index is 0.00283. The van der Waals surface area contributed by atoms with E-state index < -0.39 is 0 Å². The first-order chi connectivity index (χ1) is 8.49. The maximum absolute atomic E-state index is 12.2. The number of aromatic nitrogens is 1. The van der Waals surface area contributed by atoms with Crippen LogP contribution in [0.5, 0.6) is 0 Å². The van der Waals surface area contributed by atoms with Crippen molar-refractivity contribution >= 4 is 5.91 Å². The Morgan fingerprint density at radius 2 is 2.39 bits per heavy atom. The summed E-state index contributed by atoms with van der Waals surface area (Å²) < 4.78 is 0. The van der Waals surface area contributed by atoms with Crippen molar-refractivity contribution in [1.29, 1.82) is 0 Å². The Bertz CT molecular complexity index is 416. The Balaban J connectivity index is 1.98. The van der Waals surface area contributed by atoms with Crippen LogP contribution in [0.15, 0.2) is 24.5 Å². The molecule has 1 aliphatic heterocycles. The van der Waals surface area contributed by atoms with Gasteiger partial charge in [0.05, 0.1) is 6.42 Å². The first-order valence-corrected chi connectivity index (χ1v) is 6.41. The molecule has 1 atom stereocenters. The molecule has 0 spiro atoms. The van der Waals surface area contributed by atoms with E-state index in [9.17, 15) is 4.79 Å². The number of pyridine rings is 1. The molecular formula is C14H21N3O. The fraction of sp³-hybridized carbons (Fsp3) is 0.571. The zero-order valence-electron chi connectivity index (χ0n) is 11.1. The predicted octanol–water partition coefficient (Wildman–Crippen LogP) is 1.21. The molecule has 0 radical (unpaired) electrons. The number of likely N-dealkylation sites (tertiary alicyclic amines) is 1. The van der Waals surface area contributed by atoms with Gasteiger partial charge >= 0.3 is 0 Å². The number of hydrogen-bond acceptors (Lipinski definition) is 3. The van der Waals surface area contributed by atoms with E-state index in [1.807, 2.05) is 17.0 Å². The first-order valence-electron chi connectivity index (χ1n) is 6.41. The third-order valence-corrected chi connectivity index (χ3v) is 3.74. The van der Waals surface area contributed by atoms with E-state index in [4.69, 9.17) is 5.73 Å². The normalized spacial score (nSPS) is 22.8. The Morgan fingerprint density at radius 1 is 1.61 bits per heavy atom. The monoisotopic (exact) mass is 247 g/mol. The molecule has 1 aliphatic rings. The van der Waals surface area contributed by atoms with E-state index in [2.05, 4.69) is 18.8 Å². The van der Waals surface area contributed by atoms with Gasteiger partial charge in [-0.3, -0.25) is 9.78 Å². The second kappa shape index (κ2) is 5.06. The summed E-state index contributed by atoms with van der Waals surface area (Å²) in [6.45, 7) is 5.76. The van der Waals surface area contributed by atoms with Gasteiger partial charge in [0.1, 0.15) is 0 Å². The number of piperidine rings is 1. The molecule has 0 saturated carbocycles. The lowest BCUT2D eigenvalue weighted by atomic mass is 9.79. The van der Waals surface area contributed by atoms with E-state index in [-0.39, 0.29) is 17.4 Å². The molecule has 4 heteroatoms. The van der Waals surface area contributed by atoms with Crippen LogP contribution in [0, 0.1) is 5.41 Å². The SMILES string of the molecule is CC1(C)CN(C(=O)Cc2cccnc2)CCC1N. The molecule has 4 nitrogen and oxygen atoms in total. The van der Waals surface area contributed by atoms with Gasteiger partial charge < -0.3 is 10.6 Å². The standard InChI is InChI=1S/C14H21N3O/c1-14(2)10-17(7-5-12(14)15)13(18)8-11-4-3-6-16-9-11/h3-4,6,9,12H,5,7-8,10,15H2,1-2H3. The lowest BCUT2D eigenvalue weighted by Gasteiger charge is -2.42. The zero-order valence-corrected chi connectivity index (χ0v) is 11.1. The third-order valence-electron chi connectivity index (χ3n) is 3.74. The lowest BCUT2D eigenvalue weighted by Crippen LogP contribution is -2.54. The number of nitrogens with two attached hydrogens (primary N) is 1. The summed E-state index contributed by atoms with van der Waals surface area (Å²) in [6.07, 6.45) is 4.78. The quantitative estimate of drug-likeness (QED) is 0.854. The van der Waals surface area contributed by atoms with Gasteiger partial charge in [-0.25, -0.2) is 0 Å². The van der Waals surface area contributed by atoms with Gasteiger partial charge in [-0.15, -0.1) is 0 Å². The van der Waals surface area contributed by atoms with Crippen molar-refractivity contribution in [2.24, 2.45) is 11.1 Å². The summed E-state index contributed by atoms with van der Waals surface area (Å²) in [4.78, 5) is 18.2. The molecule has 98 valence electrons. The molecule has 2 N–H and O–H groups in total. The molecule has 1 saturated heterocycles. The molecule has 1 amide bonds. The Morgan fingerprint density at radius 3 is 3.00 bits per heavy atom. The van der Waals surface area contributed by atoms with Gasteiger partial charge in [0.15, 0.2) is 0 Å². The fourth-order valence-corrected chi connectivity index (χ4v) is 2.38. The topological polar surface area (TPSA) is 59.2 Å². The van der Waals surface area contributed by atoms with Crippen LogP contribution in [0.2, 0.25) is 0 Å². The van der Waals surface area contributed by atoms with Crippen molar-refractivity contribution in [3.05, 3.63) is 30.1 Å². The molecule has 2 heterocycles. The number of amides is 1. The Kier molecular flexibility index (Phi) is 3.66. The molecule has 1 aromatic rings. The fourth-order valence-electron chi connectivity index (χ4n) is 2.38. The number of carbonyl (C=O) groups is 1. The van der Waals surface area contributed by atoms with E-state index in [1.165, 1.54) is 0 Å². The Labute approximate surface area is 108 Å². The van der Waals surface area contributed by atoms with Crippen LogP contribution in [-0.4, -0.2) is 34.9 Å². The van der Waals surface area contributed by atoms with Crippen LogP contribution in [0.1, 0.15) is 25.8 Å². The Hall–Kier alpha value is -1.42. The largest absolute Gasteiger partial charge is 0.342 e. The highest BCUT2D eigenvalue weighted by molar-refractivity contribution is 5.78. The van der Waals surface area contributed by atoms with Crippen LogP contribution in [-0.2, 0) is 11.2 Å². The lowest BCUT2D eigenvalue weighted by molar-refractivity contribution is -0.133. The molecular weight excluding hydrogens is 226 g/mol. The summed E-state index contributed by atoms with van der Waals surface area (Å²) in [7, 11) is 0. The van der Waals surface area contributed by atoms with Crippen molar-refractivity contribution in [2.45, 2.75) is 32.7 Å². The molecule has 0 bridgehead atoms. The number of carbonyl (C=O) groups excluding carboxylic acids is 1. The van der Waals surface area contributed by atoms with Crippen molar-refractivity contribution in [2.75, 3.05) is 13.1 Å². The summed E-state index contributed by atoms with van der Waals surface area (Å²) in [5, 5.41) is 0. The molecule has 2 rings (SSSR count). The van der Waals surface area contributed by atoms with Crippen molar-refractivity contribution in [3.8, 4) is 0 Å². The second-order valence-corrected chi connectivity index (χ2v) is 5.74. The summed E-state index contributed by atoms with van der Waals surface area (Å²) in [5.74, 6) is 0.169.